The highest BCUT2D eigenvalue weighted by Crippen LogP contribution is 2.21. The molecule has 1 aromatic rings. The second kappa shape index (κ2) is 6.80. The zero-order chi connectivity index (χ0) is 12.8. The molecule has 2 atom stereocenters. The first-order valence-electron chi connectivity index (χ1n) is 6.83. The number of nitrogens with one attached hydrogen (secondary N) is 1. The lowest BCUT2D eigenvalue weighted by Gasteiger charge is -2.27. The van der Waals surface area contributed by atoms with Gasteiger partial charge in [-0.05, 0) is 49.8 Å². The summed E-state index contributed by atoms with van der Waals surface area (Å²) in [4.78, 5) is 0. The molecule has 0 fully saturated rings. The van der Waals surface area contributed by atoms with Crippen molar-refractivity contribution in [3.8, 4) is 0 Å². The largest absolute Gasteiger partial charge is 0.317 e. The van der Waals surface area contributed by atoms with Gasteiger partial charge in [-0.2, -0.15) is 0 Å². The molecule has 0 radical (unpaired) electrons. The molecule has 0 heterocycles. The van der Waals surface area contributed by atoms with Gasteiger partial charge in [0.1, 0.15) is 0 Å². The molecular weight excluding hydrogens is 206 g/mol. The molecule has 2 unspecified atom stereocenters. The van der Waals surface area contributed by atoms with E-state index in [9.17, 15) is 0 Å². The van der Waals surface area contributed by atoms with E-state index >= 15 is 0 Å². The number of hydrogen-bond donors (Lipinski definition) is 1. The second-order valence-corrected chi connectivity index (χ2v) is 5.36. The van der Waals surface area contributed by atoms with Crippen LogP contribution in [0.15, 0.2) is 24.3 Å². The first-order chi connectivity index (χ1) is 8.08. The Hall–Kier alpha value is -0.820. The van der Waals surface area contributed by atoms with E-state index < -0.39 is 0 Å². The van der Waals surface area contributed by atoms with Crippen molar-refractivity contribution in [3.63, 3.8) is 0 Å². The summed E-state index contributed by atoms with van der Waals surface area (Å²) in [6.45, 7) is 9.12. The van der Waals surface area contributed by atoms with Crippen LogP contribution in [0.3, 0.4) is 0 Å². The summed E-state index contributed by atoms with van der Waals surface area (Å²) in [6, 6.07) is 9.67. The lowest BCUT2D eigenvalue weighted by atomic mass is 9.84. The minimum absolute atomic E-state index is 0.570. The van der Waals surface area contributed by atoms with E-state index in [0.717, 1.165) is 6.42 Å². The summed E-state index contributed by atoms with van der Waals surface area (Å²) in [5, 5.41) is 3.39. The molecular formula is C16H27N. The van der Waals surface area contributed by atoms with Gasteiger partial charge in [0, 0.05) is 6.04 Å². The zero-order valence-electron chi connectivity index (χ0n) is 12.0. The average molecular weight is 233 g/mol. The molecule has 0 aromatic heterocycles. The maximum absolute atomic E-state index is 3.39. The summed E-state index contributed by atoms with van der Waals surface area (Å²) in [7, 11) is 2.06. The minimum Gasteiger partial charge on any atom is -0.317 e. The van der Waals surface area contributed by atoms with Crippen LogP contribution >= 0.6 is 0 Å². The van der Waals surface area contributed by atoms with E-state index in [1.165, 1.54) is 17.5 Å². The Kier molecular flexibility index (Phi) is 5.70. The van der Waals surface area contributed by atoms with Crippen molar-refractivity contribution in [2.45, 2.75) is 46.6 Å². The number of rotatable bonds is 6. The van der Waals surface area contributed by atoms with Gasteiger partial charge in [0.05, 0.1) is 0 Å². The van der Waals surface area contributed by atoms with E-state index in [4.69, 9.17) is 0 Å². The molecule has 0 bridgehead atoms. The van der Waals surface area contributed by atoms with Gasteiger partial charge < -0.3 is 5.32 Å². The smallest absolute Gasteiger partial charge is 0.00696 e. The van der Waals surface area contributed by atoms with Crippen molar-refractivity contribution in [2.24, 2.45) is 11.8 Å². The topological polar surface area (TPSA) is 12.0 Å². The maximum atomic E-state index is 3.39. The van der Waals surface area contributed by atoms with E-state index in [2.05, 4.69) is 64.3 Å². The van der Waals surface area contributed by atoms with Gasteiger partial charge in [-0.3, -0.25) is 0 Å². The predicted molar refractivity (Wildman–Crippen MR) is 76.4 cm³/mol. The summed E-state index contributed by atoms with van der Waals surface area (Å²) in [5.41, 5.74) is 2.89. The molecule has 17 heavy (non-hydrogen) atoms. The Labute approximate surface area is 107 Å². The van der Waals surface area contributed by atoms with Crippen LogP contribution in [0.4, 0.5) is 0 Å². The molecule has 0 spiro atoms. The van der Waals surface area contributed by atoms with Crippen molar-refractivity contribution in [2.75, 3.05) is 7.05 Å². The van der Waals surface area contributed by atoms with E-state index in [1.54, 1.807) is 0 Å². The first-order valence-corrected chi connectivity index (χ1v) is 6.83. The Morgan fingerprint density at radius 2 is 1.53 bits per heavy atom. The van der Waals surface area contributed by atoms with Crippen molar-refractivity contribution >= 4 is 0 Å². The number of aryl methyl sites for hydroxylation is 1. The SMILES string of the molecule is CCc1ccc(CC(C(C)C)C(C)NC)cc1. The van der Waals surface area contributed by atoms with Crippen molar-refractivity contribution in [3.05, 3.63) is 35.4 Å². The summed E-state index contributed by atoms with van der Waals surface area (Å²) >= 11 is 0. The van der Waals surface area contributed by atoms with E-state index in [1.807, 2.05) is 0 Å². The molecule has 96 valence electrons. The molecule has 0 aliphatic rings. The summed E-state index contributed by atoms with van der Waals surface area (Å²) < 4.78 is 0. The molecule has 1 heteroatoms. The third kappa shape index (κ3) is 4.16. The van der Waals surface area contributed by atoms with Crippen molar-refractivity contribution in [1.29, 1.82) is 0 Å². The van der Waals surface area contributed by atoms with Crippen LogP contribution in [0.2, 0.25) is 0 Å². The molecule has 0 saturated carbocycles. The fraction of sp³-hybridized carbons (Fsp3) is 0.625. The van der Waals surface area contributed by atoms with Gasteiger partial charge in [-0.25, -0.2) is 0 Å². The van der Waals surface area contributed by atoms with Crippen LogP contribution in [-0.4, -0.2) is 13.1 Å². The monoisotopic (exact) mass is 233 g/mol. The quantitative estimate of drug-likeness (QED) is 0.790. The molecule has 0 saturated heterocycles. The van der Waals surface area contributed by atoms with Crippen LogP contribution in [0.25, 0.3) is 0 Å². The summed E-state index contributed by atoms with van der Waals surface area (Å²) in [5.74, 6) is 1.41. The van der Waals surface area contributed by atoms with Crippen molar-refractivity contribution in [1.82, 2.24) is 5.32 Å². The highest BCUT2D eigenvalue weighted by molar-refractivity contribution is 5.23. The van der Waals surface area contributed by atoms with Crippen LogP contribution in [-0.2, 0) is 12.8 Å². The van der Waals surface area contributed by atoms with Crippen LogP contribution in [0, 0.1) is 11.8 Å². The van der Waals surface area contributed by atoms with Crippen molar-refractivity contribution < 1.29 is 0 Å². The molecule has 0 aliphatic heterocycles. The second-order valence-electron chi connectivity index (χ2n) is 5.36. The number of hydrogen-bond acceptors (Lipinski definition) is 1. The summed E-state index contributed by atoms with van der Waals surface area (Å²) in [6.07, 6.45) is 2.30. The Bertz CT molecular complexity index is 313. The van der Waals surface area contributed by atoms with E-state index in [0.29, 0.717) is 17.9 Å². The van der Waals surface area contributed by atoms with Gasteiger partial charge in [-0.15, -0.1) is 0 Å². The molecule has 1 nitrogen and oxygen atoms in total. The Morgan fingerprint density at radius 1 is 1.00 bits per heavy atom. The van der Waals surface area contributed by atoms with Crippen LogP contribution in [0.1, 0.15) is 38.8 Å². The first kappa shape index (κ1) is 14.2. The van der Waals surface area contributed by atoms with Gasteiger partial charge >= 0.3 is 0 Å². The Morgan fingerprint density at radius 3 is 1.94 bits per heavy atom. The molecule has 0 aliphatic carbocycles. The molecule has 1 N–H and O–H groups in total. The van der Waals surface area contributed by atoms with Gasteiger partial charge in [0.2, 0.25) is 0 Å². The molecule has 0 amide bonds. The third-order valence-corrected chi connectivity index (χ3v) is 3.86. The van der Waals surface area contributed by atoms with Gasteiger partial charge in [-0.1, -0.05) is 45.0 Å². The minimum atomic E-state index is 0.570. The fourth-order valence-electron chi connectivity index (χ4n) is 2.39. The maximum Gasteiger partial charge on any atom is 0.00696 e. The Balaban J connectivity index is 2.71. The highest BCUT2D eigenvalue weighted by Gasteiger charge is 2.19. The van der Waals surface area contributed by atoms with Crippen LogP contribution < -0.4 is 5.32 Å². The number of benzene rings is 1. The zero-order valence-corrected chi connectivity index (χ0v) is 12.0. The standard InChI is InChI=1S/C16H27N/c1-6-14-7-9-15(10-8-14)11-16(12(2)3)13(4)17-5/h7-10,12-13,16-17H,6,11H2,1-5H3. The normalized spacial score (nSPS) is 14.9. The lowest BCUT2D eigenvalue weighted by molar-refractivity contribution is 0.300. The fourth-order valence-corrected chi connectivity index (χ4v) is 2.39. The molecule has 1 aromatic carbocycles. The van der Waals surface area contributed by atoms with Gasteiger partial charge in [0.25, 0.3) is 0 Å². The predicted octanol–water partition coefficient (Wildman–Crippen LogP) is 3.67. The molecule has 1 rings (SSSR count). The van der Waals surface area contributed by atoms with E-state index in [-0.39, 0.29) is 0 Å². The van der Waals surface area contributed by atoms with Crippen LogP contribution in [0.5, 0.6) is 0 Å². The van der Waals surface area contributed by atoms with Gasteiger partial charge in [0.15, 0.2) is 0 Å². The lowest BCUT2D eigenvalue weighted by Crippen LogP contribution is -2.35. The highest BCUT2D eigenvalue weighted by atomic mass is 14.9. The third-order valence-electron chi connectivity index (χ3n) is 3.86. The average Bonchev–Trinajstić information content (AvgIpc) is 2.35.